The van der Waals surface area contributed by atoms with E-state index in [0.29, 0.717) is 22.6 Å². The Bertz CT molecular complexity index is 772. The summed E-state index contributed by atoms with van der Waals surface area (Å²) in [6, 6.07) is 10.1. The van der Waals surface area contributed by atoms with Gasteiger partial charge in [-0.05, 0) is 46.3 Å². The highest BCUT2D eigenvalue weighted by atomic mass is 79.9. The van der Waals surface area contributed by atoms with E-state index in [9.17, 15) is 4.39 Å². The first-order valence-electron chi connectivity index (χ1n) is 5.98. The van der Waals surface area contributed by atoms with Gasteiger partial charge in [0.2, 0.25) is 5.88 Å². The quantitative estimate of drug-likeness (QED) is 0.797. The fourth-order valence-corrected chi connectivity index (χ4v) is 2.30. The number of rotatable bonds is 3. The van der Waals surface area contributed by atoms with Crippen molar-refractivity contribution < 1.29 is 9.13 Å². The minimum Gasteiger partial charge on any atom is -0.437 e. The molecular weight excluding hydrogens is 325 g/mol. The Hall–Kier alpha value is -1.92. The van der Waals surface area contributed by atoms with Crippen molar-refractivity contribution >= 4 is 21.6 Å². The molecule has 0 amide bonds. The van der Waals surface area contributed by atoms with Gasteiger partial charge in [0.05, 0.1) is 4.47 Å². The molecule has 3 rings (SSSR count). The van der Waals surface area contributed by atoms with E-state index in [1.165, 1.54) is 6.07 Å². The molecule has 6 heteroatoms. The highest BCUT2D eigenvalue weighted by Crippen LogP contribution is 2.28. The third-order valence-corrected chi connectivity index (χ3v) is 3.50. The van der Waals surface area contributed by atoms with Gasteiger partial charge < -0.3 is 10.5 Å². The Morgan fingerprint density at radius 1 is 1.30 bits per heavy atom. The molecule has 0 spiro atoms. The Balaban J connectivity index is 2.03. The smallest absolute Gasteiger partial charge is 0.242 e. The largest absolute Gasteiger partial charge is 0.437 e. The van der Waals surface area contributed by atoms with Gasteiger partial charge in [0.1, 0.15) is 22.9 Å². The van der Waals surface area contributed by atoms with Gasteiger partial charge in [-0.1, -0.05) is 6.07 Å². The second-order valence-electron chi connectivity index (χ2n) is 4.17. The Kier molecular flexibility index (Phi) is 3.42. The summed E-state index contributed by atoms with van der Waals surface area (Å²) in [5.74, 6) is 0.583. The van der Waals surface area contributed by atoms with Crippen LogP contribution in [0.4, 0.5) is 4.39 Å². The zero-order valence-corrected chi connectivity index (χ0v) is 12.0. The zero-order chi connectivity index (χ0) is 14.1. The molecule has 0 aliphatic heterocycles. The molecule has 20 heavy (non-hydrogen) atoms. The Morgan fingerprint density at radius 2 is 2.15 bits per heavy atom. The zero-order valence-electron chi connectivity index (χ0n) is 10.4. The van der Waals surface area contributed by atoms with Crippen LogP contribution in [0.2, 0.25) is 0 Å². The minimum absolute atomic E-state index is 0.295. The normalized spacial score (nSPS) is 10.9. The van der Waals surface area contributed by atoms with Crippen LogP contribution < -0.4 is 10.5 Å². The number of halogens is 2. The minimum atomic E-state index is -0.341. The molecule has 2 N–H and O–H groups in total. The summed E-state index contributed by atoms with van der Waals surface area (Å²) in [6.07, 6.45) is 1.87. The maximum Gasteiger partial charge on any atom is 0.242 e. The van der Waals surface area contributed by atoms with Crippen molar-refractivity contribution in [3.63, 3.8) is 0 Å². The van der Waals surface area contributed by atoms with Crippen molar-refractivity contribution in [2.45, 2.75) is 6.54 Å². The SMILES string of the molecule is NCc1c(Oc2ccc(F)c(Br)c2)nc2ccccn12. The monoisotopic (exact) mass is 335 g/mol. The lowest BCUT2D eigenvalue weighted by atomic mass is 10.3. The van der Waals surface area contributed by atoms with Crippen LogP contribution in [0.1, 0.15) is 5.69 Å². The van der Waals surface area contributed by atoms with Crippen LogP contribution in [0.25, 0.3) is 5.65 Å². The second-order valence-corrected chi connectivity index (χ2v) is 5.03. The molecule has 0 atom stereocenters. The summed E-state index contributed by atoms with van der Waals surface area (Å²) in [7, 11) is 0. The third-order valence-electron chi connectivity index (χ3n) is 2.89. The summed E-state index contributed by atoms with van der Waals surface area (Å²) in [5, 5.41) is 0. The number of benzene rings is 1. The molecule has 0 aliphatic rings. The number of nitrogens with two attached hydrogens (primary N) is 1. The number of hydrogen-bond acceptors (Lipinski definition) is 3. The molecule has 1 aromatic carbocycles. The molecule has 0 unspecified atom stereocenters. The number of nitrogens with zero attached hydrogens (tertiary/aromatic N) is 2. The van der Waals surface area contributed by atoms with Crippen LogP contribution in [0.15, 0.2) is 47.1 Å². The highest BCUT2D eigenvalue weighted by Gasteiger charge is 2.13. The van der Waals surface area contributed by atoms with Crippen LogP contribution >= 0.6 is 15.9 Å². The number of hydrogen-bond donors (Lipinski definition) is 1. The molecular formula is C14H11BrFN3O. The van der Waals surface area contributed by atoms with Gasteiger partial charge in [-0.3, -0.25) is 4.40 Å². The Labute approximate surface area is 123 Å². The lowest BCUT2D eigenvalue weighted by Crippen LogP contribution is -2.02. The summed E-state index contributed by atoms with van der Waals surface area (Å²) in [4.78, 5) is 4.38. The maximum absolute atomic E-state index is 13.2. The fraction of sp³-hybridized carbons (Fsp3) is 0.0714. The van der Waals surface area contributed by atoms with Crippen LogP contribution in [0.3, 0.4) is 0 Å². The predicted octanol–water partition coefficient (Wildman–Crippen LogP) is 3.49. The first kappa shape index (κ1) is 13.1. The topological polar surface area (TPSA) is 52.5 Å². The van der Waals surface area contributed by atoms with Gasteiger partial charge in [0, 0.05) is 12.7 Å². The first-order chi connectivity index (χ1) is 9.69. The average Bonchev–Trinajstić information content (AvgIpc) is 2.80. The fourth-order valence-electron chi connectivity index (χ4n) is 1.94. The van der Waals surface area contributed by atoms with Crippen LogP contribution in [-0.2, 0) is 6.54 Å². The standard InChI is InChI=1S/C14H11BrFN3O/c15-10-7-9(4-5-11(10)16)20-14-12(8-17)19-6-2-1-3-13(19)18-14/h1-7H,8,17H2. The van der Waals surface area contributed by atoms with Gasteiger partial charge in [-0.15, -0.1) is 0 Å². The molecule has 2 aromatic heterocycles. The van der Waals surface area contributed by atoms with E-state index in [4.69, 9.17) is 10.5 Å². The van der Waals surface area contributed by atoms with Crippen molar-refractivity contribution in [1.29, 1.82) is 0 Å². The summed E-state index contributed by atoms with van der Waals surface area (Å²) >= 11 is 3.12. The van der Waals surface area contributed by atoms with E-state index in [1.54, 1.807) is 12.1 Å². The van der Waals surface area contributed by atoms with E-state index in [1.807, 2.05) is 28.8 Å². The summed E-state index contributed by atoms with van der Waals surface area (Å²) < 4.78 is 21.1. The van der Waals surface area contributed by atoms with Gasteiger partial charge in [-0.2, -0.15) is 4.98 Å². The van der Waals surface area contributed by atoms with Crippen LogP contribution in [0.5, 0.6) is 11.6 Å². The second kappa shape index (κ2) is 5.22. The number of pyridine rings is 1. The van der Waals surface area contributed by atoms with Gasteiger partial charge >= 0.3 is 0 Å². The molecule has 0 bridgehead atoms. The molecule has 4 nitrogen and oxygen atoms in total. The molecule has 102 valence electrons. The lowest BCUT2D eigenvalue weighted by molar-refractivity contribution is 0.457. The van der Waals surface area contributed by atoms with E-state index in [0.717, 1.165) is 11.3 Å². The van der Waals surface area contributed by atoms with Crippen LogP contribution in [0, 0.1) is 5.82 Å². The number of aromatic nitrogens is 2. The van der Waals surface area contributed by atoms with E-state index < -0.39 is 0 Å². The van der Waals surface area contributed by atoms with Gasteiger partial charge in [0.25, 0.3) is 0 Å². The number of imidazole rings is 1. The summed E-state index contributed by atoms with van der Waals surface area (Å²) in [5.41, 5.74) is 7.28. The van der Waals surface area contributed by atoms with Crippen molar-refractivity contribution in [3.8, 4) is 11.6 Å². The molecule has 2 heterocycles. The first-order valence-corrected chi connectivity index (χ1v) is 6.77. The molecule has 0 fully saturated rings. The van der Waals surface area contributed by atoms with Crippen molar-refractivity contribution in [1.82, 2.24) is 9.38 Å². The molecule has 0 aliphatic carbocycles. The van der Waals surface area contributed by atoms with E-state index >= 15 is 0 Å². The van der Waals surface area contributed by atoms with E-state index in [-0.39, 0.29) is 5.82 Å². The van der Waals surface area contributed by atoms with Crippen molar-refractivity contribution in [3.05, 3.63) is 58.6 Å². The van der Waals surface area contributed by atoms with Gasteiger partial charge in [0.15, 0.2) is 0 Å². The lowest BCUT2D eigenvalue weighted by Gasteiger charge is -2.05. The Morgan fingerprint density at radius 3 is 2.90 bits per heavy atom. The molecule has 0 saturated heterocycles. The third kappa shape index (κ3) is 2.28. The molecule has 0 radical (unpaired) electrons. The van der Waals surface area contributed by atoms with E-state index in [2.05, 4.69) is 20.9 Å². The maximum atomic E-state index is 13.2. The average molecular weight is 336 g/mol. The van der Waals surface area contributed by atoms with Crippen LogP contribution in [-0.4, -0.2) is 9.38 Å². The van der Waals surface area contributed by atoms with Crippen molar-refractivity contribution in [2.24, 2.45) is 5.73 Å². The number of fused-ring (bicyclic) bond motifs is 1. The highest BCUT2D eigenvalue weighted by molar-refractivity contribution is 9.10. The molecule has 3 aromatic rings. The summed E-state index contributed by atoms with van der Waals surface area (Å²) in [6.45, 7) is 0.295. The predicted molar refractivity (Wildman–Crippen MR) is 77.3 cm³/mol. The van der Waals surface area contributed by atoms with Gasteiger partial charge in [-0.25, -0.2) is 4.39 Å². The number of ether oxygens (including phenoxy) is 1. The molecule has 0 saturated carbocycles. The van der Waals surface area contributed by atoms with Crippen molar-refractivity contribution in [2.75, 3.05) is 0 Å².